The molecular formula is C15H24N4. The second-order valence-corrected chi connectivity index (χ2v) is 5.77. The van der Waals surface area contributed by atoms with Crippen molar-refractivity contribution >= 4 is 5.82 Å². The summed E-state index contributed by atoms with van der Waals surface area (Å²) >= 11 is 0. The molecule has 0 amide bonds. The van der Waals surface area contributed by atoms with Gasteiger partial charge in [0.15, 0.2) is 0 Å². The predicted octanol–water partition coefficient (Wildman–Crippen LogP) is 2.15. The Hall–Kier alpha value is -1.16. The molecule has 2 fully saturated rings. The Balaban J connectivity index is 1.79. The fourth-order valence-corrected chi connectivity index (χ4v) is 3.63. The molecule has 4 heteroatoms. The molecule has 3 rings (SSSR count). The minimum absolute atomic E-state index is 0.642. The van der Waals surface area contributed by atoms with Gasteiger partial charge in [0.1, 0.15) is 12.1 Å². The summed E-state index contributed by atoms with van der Waals surface area (Å²) in [5.41, 5.74) is 1.14. The normalized spacial score (nSPS) is 29.5. The third-order valence-corrected chi connectivity index (χ3v) is 4.60. The van der Waals surface area contributed by atoms with Gasteiger partial charge in [-0.1, -0.05) is 6.92 Å². The number of nitrogens with one attached hydrogen (secondary N) is 1. The summed E-state index contributed by atoms with van der Waals surface area (Å²) in [6, 6.07) is 4.26. The summed E-state index contributed by atoms with van der Waals surface area (Å²) in [5, 5.41) is 3.71. The van der Waals surface area contributed by atoms with Crippen LogP contribution >= 0.6 is 0 Å². The van der Waals surface area contributed by atoms with E-state index in [0.29, 0.717) is 6.04 Å². The smallest absolute Gasteiger partial charge is 0.132 e. The summed E-state index contributed by atoms with van der Waals surface area (Å²) in [4.78, 5) is 11.3. The number of anilines is 1. The molecule has 1 aromatic rings. The highest BCUT2D eigenvalue weighted by Crippen LogP contribution is 2.31. The molecule has 0 saturated carbocycles. The highest BCUT2D eigenvalue weighted by Gasteiger charge is 2.36. The van der Waals surface area contributed by atoms with Crippen molar-refractivity contribution in [3.05, 3.63) is 18.1 Å². The second-order valence-electron chi connectivity index (χ2n) is 5.77. The number of aryl methyl sites for hydroxylation is 1. The summed E-state index contributed by atoms with van der Waals surface area (Å²) in [5.74, 6) is 1.11. The van der Waals surface area contributed by atoms with Crippen molar-refractivity contribution in [2.45, 2.75) is 64.1 Å². The lowest BCUT2D eigenvalue weighted by atomic mass is 9.98. The van der Waals surface area contributed by atoms with Gasteiger partial charge in [-0.3, -0.25) is 0 Å². The first-order valence-electron chi connectivity index (χ1n) is 7.63. The van der Waals surface area contributed by atoms with E-state index in [4.69, 9.17) is 0 Å². The largest absolute Gasteiger partial charge is 0.354 e. The molecule has 0 spiro atoms. The second kappa shape index (κ2) is 5.45. The van der Waals surface area contributed by atoms with Crippen molar-refractivity contribution in [3.8, 4) is 0 Å². The average Bonchev–Trinajstić information content (AvgIpc) is 2.79. The standard InChI is InChI=1S/C15H24N4/c1-3-11-9-15(17-10-16-11)19(4-2)14-7-12-5-6-13(8-14)18-12/h9-10,12-14,18H,3-8H2,1-2H3. The lowest BCUT2D eigenvalue weighted by Crippen LogP contribution is -2.48. The van der Waals surface area contributed by atoms with E-state index in [1.807, 2.05) is 0 Å². The number of piperidine rings is 1. The molecule has 0 radical (unpaired) electrons. The Bertz CT molecular complexity index is 422. The molecule has 0 aromatic carbocycles. The van der Waals surface area contributed by atoms with E-state index in [-0.39, 0.29) is 0 Å². The van der Waals surface area contributed by atoms with Gasteiger partial charge >= 0.3 is 0 Å². The van der Waals surface area contributed by atoms with Crippen LogP contribution in [0.4, 0.5) is 5.82 Å². The zero-order valence-electron chi connectivity index (χ0n) is 12.0. The van der Waals surface area contributed by atoms with Crippen LogP contribution in [0, 0.1) is 0 Å². The summed E-state index contributed by atoms with van der Waals surface area (Å²) in [7, 11) is 0. The van der Waals surface area contributed by atoms with Crippen LogP contribution in [0.2, 0.25) is 0 Å². The molecule has 2 aliphatic heterocycles. The first kappa shape index (κ1) is 12.9. The number of aromatic nitrogens is 2. The third-order valence-electron chi connectivity index (χ3n) is 4.60. The van der Waals surface area contributed by atoms with Gasteiger partial charge in [0.2, 0.25) is 0 Å². The van der Waals surface area contributed by atoms with E-state index in [1.165, 1.54) is 25.7 Å². The Labute approximate surface area is 115 Å². The fraction of sp³-hybridized carbons (Fsp3) is 0.733. The maximum atomic E-state index is 4.50. The maximum Gasteiger partial charge on any atom is 0.132 e. The monoisotopic (exact) mass is 260 g/mol. The van der Waals surface area contributed by atoms with Crippen molar-refractivity contribution in [3.63, 3.8) is 0 Å². The molecule has 0 aliphatic carbocycles. The van der Waals surface area contributed by atoms with Gasteiger partial charge in [0, 0.05) is 36.4 Å². The molecule has 19 heavy (non-hydrogen) atoms. The van der Waals surface area contributed by atoms with Gasteiger partial charge in [0.25, 0.3) is 0 Å². The van der Waals surface area contributed by atoms with Crippen LogP contribution in [-0.4, -0.2) is 34.6 Å². The predicted molar refractivity (Wildman–Crippen MR) is 77.4 cm³/mol. The molecule has 2 atom stereocenters. The maximum absolute atomic E-state index is 4.50. The molecular weight excluding hydrogens is 236 g/mol. The van der Waals surface area contributed by atoms with Gasteiger partial charge < -0.3 is 10.2 Å². The van der Waals surface area contributed by atoms with Crippen LogP contribution < -0.4 is 10.2 Å². The number of hydrogen-bond acceptors (Lipinski definition) is 4. The molecule has 1 aromatic heterocycles. The van der Waals surface area contributed by atoms with Crippen LogP contribution in [0.25, 0.3) is 0 Å². The number of rotatable bonds is 4. The minimum atomic E-state index is 0.642. The SMILES string of the molecule is CCc1cc(N(CC)C2CC3CCC(C2)N3)ncn1. The topological polar surface area (TPSA) is 41.0 Å². The van der Waals surface area contributed by atoms with Gasteiger partial charge in [-0.05, 0) is 39.0 Å². The van der Waals surface area contributed by atoms with E-state index in [0.717, 1.165) is 36.6 Å². The van der Waals surface area contributed by atoms with Crippen molar-refractivity contribution in [2.75, 3.05) is 11.4 Å². The minimum Gasteiger partial charge on any atom is -0.354 e. The van der Waals surface area contributed by atoms with Crippen LogP contribution in [-0.2, 0) is 6.42 Å². The van der Waals surface area contributed by atoms with E-state index < -0.39 is 0 Å². The van der Waals surface area contributed by atoms with E-state index >= 15 is 0 Å². The lowest BCUT2D eigenvalue weighted by molar-refractivity contribution is 0.348. The number of hydrogen-bond donors (Lipinski definition) is 1. The van der Waals surface area contributed by atoms with Crippen molar-refractivity contribution in [2.24, 2.45) is 0 Å². The Morgan fingerprint density at radius 1 is 1.21 bits per heavy atom. The average molecular weight is 260 g/mol. The van der Waals surface area contributed by atoms with Gasteiger partial charge in [-0.15, -0.1) is 0 Å². The molecule has 2 unspecified atom stereocenters. The van der Waals surface area contributed by atoms with E-state index in [9.17, 15) is 0 Å². The first-order chi connectivity index (χ1) is 9.30. The van der Waals surface area contributed by atoms with Crippen molar-refractivity contribution in [1.29, 1.82) is 0 Å². The molecule has 3 heterocycles. The molecule has 104 valence electrons. The summed E-state index contributed by atoms with van der Waals surface area (Å²) in [6.07, 6.45) is 7.91. The van der Waals surface area contributed by atoms with Gasteiger partial charge in [0.05, 0.1) is 0 Å². The zero-order valence-corrected chi connectivity index (χ0v) is 12.0. The fourth-order valence-electron chi connectivity index (χ4n) is 3.63. The first-order valence-corrected chi connectivity index (χ1v) is 7.63. The summed E-state index contributed by atoms with van der Waals surface area (Å²) in [6.45, 7) is 5.41. The van der Waals surface area contributed by atoms with Gasteiger partial charge in [-0.2, -0.15) is 0 Å². The van der Waals surface area contributed by atoms with Crippen molar-refractivity contribution in [1.82, 2.24) is 15.3 Å². The quantitative estimate of drug-likeness (QED) is 0.900. The molecule has 4 nitrogen and oxygen atoms in total. The highest BCUT2D eigenvalue weighted by atomic mass is 15.2. The highest BCUT2D eigenvalue weighted by molar-refractivity contribution is 5.40. The summed E-state index contributed by atoms with van der Waals surface area (Å²) < 4.78 is 0. The molecule has 2 aliphatic rings. The third kappa shape index (κ3) is 2.59. The van der Waals surface area contributed by atoms with Gasteiger partial charge in [-0.25, -0.2) is 9.97 Å². The van der Waals surface area contributed by atoms with Crippen molar-refractivity contribution < 1.29 is 0 Å². The number of fused-ring (bicyclic) bond motifs is 2. The lowest BCUT2D eigenvalue weighted by Gasteiger charge is -2.38. The molecule has 2 bridgehead atoms. The Morgan fingerprint density at radius 2 is 1.95 bits per heavy atom. The van der Waals surface area contributed by atoms with E-state index in [1.54, 1.807) is 6.33 Å². The van der Waals surface area contributed by atoms with Crippen LogP contribution in [0.15, 0.2) is 12.4 Å². The Kier molecular flexibility index (Phi) is 3.69. The number of nitrogens with zero attached hydrogens (tertiary/aromatic N) is 3. The zero-order chi connectivity index (χ0) is 13.2. The Morgan fingerprint density at radius 3 is 2.58 bits per heavy atom. The van der Waals surface area contributed by atoms with Crippen LogP contribution in [0.5, 0.6) is 0 Å². The van der Waals surface area contributed by atoms with Crippen LogP contribution in [0.3, 0.4) is 0 Å². The molecule has 1 N–H and O–H groups in total. The van der Waals surface area contributed by atoms with E-state index in [2.05, 4.69) is 40.1 Å². The van der Waals surface area contributed by atoms with Crippen LogP contribution in [0.1, 0.15) is 45.2 Å². The molecule has 2 saturated heterocycles.